The van der Waals surface area contributed by atoms with E-state index in [2.05, 4.69) is 5.32 Å². The van der Waals surface area contributed by atoms with Crippen LogP contribution in [0.5, 0.6) is 5.75 Å². The summed E-state index contributed by atoms with van der Waals surface area (Å²) in [6.45, 7) is 0.314. The highest BCUT2D eigenvalue weighted by molar-refractivity contribution is 14.1. The summed E-state index contributed by atoms with van der Waals surface area (Å²) in [7, 11) is 0. The Labute approximate surface area is 182 Å². The van der Waals surface area contributed by atoms with Gasteiger partial charge in [-0.1, -0.05) is 6.07 Å². The van der Waals surface area contributed by atoms with Crippen LogP contribution in [0.1, 0.15) is 41.1 Å². The first-order chi connectivity index (χ1) is 13.9. The Kier molecular flexibility index (Phi) is 6.87. The van der Waals surface area contributed by atoms with Crippen molar-refractivity contribution in [3.63, 3.8) is 0 Å². The van der Waals surface area contributed by atoms with E-state index < -0.39 is 29.6 Å². The van der Waals surface area contributed by atoms with Crippen LogP contribution in [0.3, 0.4) is 0 Å². The van der Waals surface area contributed by atoms with Crippen molar-refractivity contribution < 1.29 is 36.2 Å². The molecule has 2 aromatic rings. The second kappa shape index (κ2) is 8.91. The molecule has 0 aliphatic carbocycles. The molecule has 0 aromatic heterocycles. The van der Waals surface area contributed by atoms with E-state index in [4.69, 9.17) is 4.74 Å². The van der Waals surface area contributed by atoms with Crippen LogP contribution in [-0.2, 0) is 23.7 Å². The highest BCUT2D eigenvalue weighted by Gasteiger charge is 2.37. The van der Waals surface area contributed by atoms with Gasteiger partial charge in [0, 0.05) is 0 Å². The molecule has 0 radical (unpaired) electrons. The molecule has 3 nitrogen and oxygen atoms in total. The van der Waals surface area contributed by atoms with Crippen molar-refractivity contribution in [1.82, 2.24) is 5.32 Å². The Morgan fingerprint density at radius 3 is 2.20 bits per heavy atom. The summed E-state index contributed by atoms with van der Waals surface area (Å²) in [5, 5.41) is 13.0. The van der Waals surface area contributed by atoms with E-state index in [1.807, 2.05) is 22.6 Å². The van der Waals surface area contributed by atoms with Gasteiger partial charge >= 0.3 is 12.4 Å². The molecule has 0 unspecified atom stereocenters. The van der Waals surface area contributed by atoms with Gasteiger partial charge in [-0.2, -0.15) is 26.3 Å². The monoisotopic (exact) mass is 543 g/mol. The molecule has 1 aliphatic heterocycles. The van der Waals surface area contributed by atoms with Crippen LogP contribution in [0.15, 0.2) is 36.4 Å². The highest BCUT2D eigenvalue weighted by Crippen LogP contribution is 2.37. The molecule has 0 saturated carbocycles. The van der Waals surface area contributed by atoms with Gasteiger partial charge in [0.15, 0.2) is 0 Å². The van der Waals surface area contributed by atoms with Gasteiger partial charge in [0.25, 0.3) is 0 Å². The van der Waals surface area contributed by atoms with Crippen molar-refractivity contribution in [3.05, 3.63) is 62.2 Å². The van der Waals surface area contributed by atoms with Gasteiger partial charge < -0.3 is 15.2 Å². The van der Waals surface area contributed by atoms with E-state index in [9.17, 15) is 31.4 Å². The molecular weight excluding hydrogens is 525 g/mol. The number of rotatable bonds is 4. The minimum absolute atomic E-state index is 0.104. The first-order valence-corrected chi connectivity index (χ1v) is 10.1. The number of hydrogen-bond acceptors (Lipinski definition) is 3. The summed E-state index contributed by atoms with van der Waals surface area (Å²) in [5.41, 5.74) is -2.09. The van der Waals surface area contributed by atoms with E-state index >= 15 is 0 Å². The molecule has 30 heavy (non-hydrogen) atoms. The lowest BCUT2D eigenvalue weighted by molar-refractivity contribution is -0.143. The molecule has 1 heterocycles. The third-order valence-corrected chi connectivity index (χ3v) is 5.71. The SMILES string of the molecule is Oc1ccc([C@@H]2NCCC[C@@H]2OCc2cc(C(F)(F)F)cc(C(F)(F)F)c2)cc1[125I]. The zero-order chi connectivity index (χ0) is 22.1. The fourth-order valence-corrected chi connectivity index (χ4v) is 3.93. The van der Waals surface area contributed by atoms with Crippen LogP contribution in [0.2, 0.25) is 0 Å². The molecule has 1 fully saturated rings. The number of halogens is 7. The number of phenols is 1. The van der Waals surface area contributed by atoms with E-state index in [0.29, 0.717) is 28.7 Å². The van der Waals surface area contributed by atoms with Crippen LogP contribution in [-0.4, -0.2) is 17.8 Å². The Hall–Kier alpha value is -1.53. The molecule has 10 heteroatoms. The number of benzene rings is 2. The summed E-state index contributed by atoms with van der Waals surface area (Å²) in [6.07, 6.45) is -8.88. The van der Waals surface area contributed by atoms with Gasteiger partial charge in [0.05, 0.1) is 33.4 Å². The van der Waals surface area contributed by atoms with Crippen LogP contribution < -0.4 is 5.32 Å². The van der Waals surface area contributed by atoms with E-state index in [-0.39, 0.29) is 30.0 Å². The molecule has 2 N–H and O–H groups in total. The molecule has 164 valence electrons. The second-order valence-corrected chi connectivity index (χ2v) is 8.21. The van der Waals surface area contributed by atoms with Gasteiger partial charge in [0.1, 0.15) is 5.75 Å². The first-order valence-electron chi connectivity index (χ1n) is 9.07. The van der Waals surface area contributed by atoms with Crippen molar-refractivity contribution in [2.75, 3.05) is 6.54 Å². The summed E-state index contributed by atoms with van der Waals surface area (Å²) >= 11 is 1.97. The predicted molar refractivity (Wildman–Crippen MR) is 106 cm³/mol. The summed E-state index contributed by atoms with van der Waals surface area (Å²) in [5.74, 6) is 0.122. The third-order valence-electron chi connectivity index (χ3n) is 4.84. The van der Waals surface area contributed by atoms with Gasteiger partial charge in [-0.15, -0.1) is 0 Å². The average Bonchev–Trinajstić information content (AvgIpc) is 2.67. The number of alkyl halides is 6. The Balaban J connectivity index is 1.82. The third kappa shape index (κ3) is 5.58. The topological polar surface area (TPSA) is 41.5 Å². The first kappa shape index (κ1) is 23.1. The van der Waals surface area contributed by atoms with Gasteiger partial charge in [0.2, 0.25) is 0 Å². The molecule has 2 atom stereocenters. The van der Waals surface area contributed by atoms with Crippen molar-refractivity contribution in [1.29, 1.82) is 0 Å². The fourth-order valence-electron chi connectivity index (χ4n) is 3.39. The maximum absolute atomic E-state index is 13.0. The number of phenolic OH excluding ortho intramolecular Hbond substituents is 1. The van der Waals surface area contributed by atoms with Gasteiger partial charge in [-0.05, 0) is 83.4 Å². The summed E-state index contributed by atoms with van der Waals surface area (Å²) in [6, 6.07) is 6.19. The van der Waals surface area contributed by atoms with Crippen molar-refractivity contribution in [2.45, 2.75) is 43.9 Å². The maximum Gasteiger partial charge on any atom is 0.416 e. The number of hydrogen-bond donors (Lipinski definition) is 2. The zero-order valence-electron chi connectivity index (χ0n) is 15.4. The normalized spacial score (nSPS) is 20.4. The van der Waals surface area contributed by atoms with Crippen LogP contribution in [0.4, 0.5) is 26.3 Å². The molecule has 1 aliphatic rings. The number of aromatic hydroxyl groups is 1. The Morgan fingerprint density at radius 2 is 1.63 bits per heavy atom. The second-order valence-electron chi connectivity index (χ2n) is 7.05. The average molecular weight is 543 g/mol. The smallest absolute Gasteiger partial charge is 0.416 e. The lowest BCUT2D eigenvalue weighted by Gasteiger charge is -2.33. The number of ether oxygens (including phenoxy) is 1. The minimum atomic E-state index is -4.90. The summed E-state index contributed by atoms with van der Waals surface area (Å²) in [4.78, 5) is 0. The maximum atomic E-state index is 13.0. The molecule has 0 spiro atoms. The standard InChI is InChI=1S/C20H18F6INO2/c21-19(22,23)13-6-11(7-14(9-13)20(24,25)26)10-30-17-2-1-5-28-18(17)12-3-4-16(29)15(27)8-12/h3-4,6-9,17-18,28-29H,1-2,5,10H2/t17-,18-/m0/s1/i27-2. The number of nitrogens with one attached hydrogen (secondary N) is 1. The highest BCUT2D eigenvalue weighted by atomic mass is 125. The molecular formula is C20H18F6INO2. The minimum Gasteiger partial charge on any atom is -0.507 e. The van der Waals surface area contributed by atoms with Gasteiger partial charge in [-0.25, -0.2) is 0 Å². The number of piperidine rings is 1. The lowest BCUT2D eigenvalue weighted by atomic mass is 9.94. The molecule has 0 amide bonds. The fraction of sp³-hybridized carbons (Fsp3) is 0.400. The molecule has 0 bridgehead atoms. The molecule has 1 saturated heterocycles. The van der Waals surface area contributed by atoms with E-state index in [1.54, 1.807) is 12.1 Å². The van der Waals surface area contributed by atoms with Crippen molar-refractivity contribution >= 4 is 22.6 Å². The van der Waals surface area contributed by atoms with E-state index in [0.717, 1.165) is 12.0 Å². The van der Waals surface area contributed by atoms with Crippen LogP contribution in [0, 0.1) is 3.57 Å². The molecule has 3 rings (SSSR count). The zero-order valence-corrected chi connectivity index (χ0v) is 17.6. The molecule has 2 aromatic carbocycles. The van der Waals surface area contributed by atoms with Crippen molar-refractivity contribution in [2.24, 2.45) is 0 Å². The van der Waals surface area contributed by atoms with E-state index in [1.165, 1.54) is 6.07 Å². The lowest BCUT2D eigenvalue weighted by Crippen LogP contribution is -2.39. The predicted octanol–water partition coefficient (Wildman–Crippen LogP) is 6.04. The van der Waals surface area contributed by atoms with Crippen LogP contribution >= 0.6 is 22.6 Å². The quantitative estimate of drug-likeness (QED) is 0.365. The Bertz CT molecular complexity index is 868. The van der Waals surface area contributed by atoms with Crippen molar-refractivity contribution in [3.8, 4) is 5.75 Å². The van der Waals surface area contributed by atoms with Crippen LogP contribution in [0.25, 0.3) is 0 Å². The largest absolute Gasteiger partial charge is 0.507 e. The Morgan fingerprint density at radius 1 is 1.00 bits per heavy atom. The van der Waals surface area contributed by atoms with Gasteiger partial charge in [-0.3, -0.25) is 0 Å². The summed E-state index contributed by atoms with van der Waals surface area (Å²) < 4.78 is 84.7.